The molecule has 0 aromatic carbocycles. The molecule has 0 saturated heterocycles. The van der Waals surface area contributed by atoms with Crippen molar-refractivity contribution in [2.75, 3.05) is 6.54 Å². The number of hydrogen-bond donors (Lipinski definition) is 0. The molecule has 1 nitrogen and oxygen atoms in total. The molecule has 47 valence electrons. The van der Waals surface area contributed by atoms with E-state index < -0.39 is 0 Å². The molecule has 0 fully saturated rings. The van der Waals surface area contributed by atoms with Crippen molar-refractivity contribution in [3.63, 3.8) is 0 Å². The molecule has 0 spiro atoms. The van der Waals surface area contributed by atoms with E-state index in [0.717, 1.165) is 0 Å². The standard InChI is InChI=1S/C4H7N.C2H6.Y/c1-3-5-4-2;1-2;/h1,3H2,2H3;1-2H3;/q-2;;. The van der Waals surface area contributed by atoms with Gasteiger partial charge in [0.25, 0.3) is 0 Å². The van der Waals surface area contributed by atoms with E-state index in [1.165, 1.54) is 0 Å². The van der Waals surface area contributed by atoms with Gasteiger partial charge in [0.2, 0.25) is 0 Å². The molecule has 0 bridgehead atoms. The van der Waals surface area contributed by atoms with Crippen LogP contribution in [0.2, 0.25) is 0 Å². The third-order valence-corrected chi connectivity index (χ3v) is 0.270. The Labute approximate surface area is 77.8 Å². The predicted octanol–water partition coefficient (Wildman–Crippen LogP) is 1.81. The molecular weight excluding hydrogens is 175 g/mol. The van der Waals surface area contributed by atoms with Crippen molar-refractivity contribution in [1.29, 1.82) is 0 Å². The van der Waals surface area contributed by atoms with E-state index in [9.17, 15) is 0 Å². The quantitative estimate of drug-likeness (QED) is 0.439. The SMILES string of the molecule is CC.[CH2-]CN=[C-]C.[Y]. The van der Waals surface area contributed by atoms with E-state index in [4.69, 9.17) is 0 Å². The second kappa shape index (κ2) is 25.0. The number of rotatable bonds is 1. The third kappa shape index (κ3) is 29.3. The number of hydrogen-bond acceptors (Lipinski definition) is 1. The maximum atomic E-state index is 3.61. The first-order valence-corrected chi connectivity index (χ1v) is 2.54. The van der Waals surface area contributed by atoms with Gasteiger partial charge in [0.15, 0.2) is 0 Å². The maximum absolute atomic E-state index is 3.61. The first kappa shape index (κ1) is 15.9. The zero-order chi connectivity index (χ0) is 6.12. The molecule has 0 unspecified atom stereocenters. The first-order valence-electron chi connectivity index (χ1n) is 2.54. The van der Waals surface area contributed by atoms with Crippen LogP contribution >= 0.6 is 0 Å². The minimum atomic E-state index is 0. The van der Waals surface area contributed by atoms with Crippen LogP contribution in [-0.2, 0) is 32.7 Å². The molecule has 0 rings (SSSR count). The Hall–Kier alpha value is 0.774. The average molecular weight is 188 g/mol. The molecular formula is C6H13NY-2. The second-order valence-corrected chi connectivity index (χ2v) is 0.605. The van der Waals surface area contributed by atoms with Crippen LogP contribution in [0.1, 0.15) is 20.8 Å². The second-order valence-electron chi connectivity index (χ2n) is 0.605. The Kier molecular flexibility index (Phi) is 49.8. The van der Waals surface area contributed by atoms with Crippen molar-refractivity contribution in [2.45, 2.75) is 20.8 Å². The first-order chi connectivity index (χ1) is 3.41. The van der Waals surface area contributed by atoms with E-state index in [-0.39, 0.29) is 32.7 Å². The van der Waals surface area contributed by atoms with Crippen LogP contribution in [0.3, 0.4) is 0 Å². The van der Waals surface area contributed by atoms with Gasteiger partial charge in [-0.25, -0.2) is 0 Å². The molecule has 0 atom stereocenters. The summed E-state index contributed by atoms with van der Waals surface area (Å²) in [4.78, 5) is 3.61. The Bertz CT molecular complexity index is 35.5. The summed E-state index contributed by atoms with van der Waals surface area (Å²) in [5, 5.41) is 0. The van der Waals surface area contributed by atoms with Gasteiger partial charge in [-0.05, 0) is 0 Å². The summed E-state index contributed by atoms with van der Waals surface area (Å²) in [5.74, 6) is 0. The Balaban J connectivity index is -0.0000000750. The normalized spacial score (nSPS) is 7.00. The van der Waals surface area contributed by atoms with Crippen LogP contribution in [0.5, 0.6) is 0 Å². The van der Waals surface area contributed by atoms with E-state index in [0.29, 0.717) is 6.54 Å². The van der Waals surface area contributed by atoms with Gasteiger partial charge in [-0.1, -0.05) is 13.8 Å². The summed E-state index contributed by atoms with van der Waals surface area (Å²) >= 11 is 0. The molecule has 0 aliphatic heterocycles. The molecule has 0 aromatic heterocycles. The summed E-state index contributed by atoms with van der Waals surface area (Å²) < 4.78 is 0. The number of nitrogens with zero attached hydrogens (tertiary/aromatic N) is 1. The summed E-state index contributed by atoms with van der Waals surface area (Å²) in [6.07, 6.45) is 2.58. The van der Waals surface area contributed by atoms with Gasteiger partial charge >= 0.3 is 0 Å². The minimum absolute atomic E-state index is 0. The molecule has 0 aromatic rings. The van der Waals surface area contributed by atoms with Gasteiger partial charge in [0.05, 0.1) is 0 Å². The minimum Gasteiger partial charge on any atom is -0.533 e. The fourth-order valence-electron chi connectivity index (χ4n) is 0.112. The third-order valence-electron chi connectivity index (χ3n) is 0.270. The molecule has 0 saturated carbocycles. The molecule has 0 heterocycles. The van der Waals surface area contributed by atoms with E-state index in [1.807, 2.05) is 13.8 Å². The van der Waals surface area contributed by atoms with Gasteiger partial charge in [-0.3, -0.25) is 0 Å². The maximum Gasteiger partial charge on any atom is 0 e. The van der Waals surface area contributed by atoms with Crippen molar-refractivity contribution < 1.29 is 32.7 Å². The van der Waals surface area contributed by atoms with Gasteiger partial charge in [-0.15, -0.1) is 6.54 Å². The largest absolute Gasteiger partial charge is 0.533 e. The van der Waals surface area contributed by atoms with Crippen molar-refractivity contribution in [1.82, 2.24) is 0 Å². The smallest absolute Gasteiger partial charge is 0 e. The zero-order valence-corrected chi connectivity index (χ0v) is 8.78. The van der Waals surface area contributed by atoms with E-state index in [2.05, 4.69) is 18.1 Å². The van der Waals surface area contributed by atoms with Gasteiger partial charge < -0.3 is 18.1 Å². The Morgan fingerprint density at radius 1 is 1.50 bits per heavy atom. The fourth-order valence-corrected chi connectivity index (χ4v) is 0.112. The van der Waals surface area contributed by atoms with Gasteiger partial charge in [0.1, 0.15) is 0 Å². The summed E-state index contributed by atoms with van der Waals surface area (Å²) in [6.45, 7) is 9.81. The Morgan fingerprint density at radius 2 is 1.88 bits per heavy atom. The van der Waals surface area contributed by atoms with Crippen LogP contribution < -0.4 is 0 Å². The van der Waals surface area contributed by atoms with E-state index >= 15 is 0 Å². The summed E-state index contributed by atoms with van der Waals surface area (Å²) in [6, 6.07) is 0. The van der Waals surface area contributed by atoms with Crippen molar-refractivity contribution in [2.24, 2.45) is 4.99 Å². The monoisotopic (exact) mass is 188 g/mol. The average Bonchev–Trinajstić information content (AvgIpc) is 1.75. The predicted molar refractivity (Wildman–Crippen MR) is 34.7 cm³/mol. The molecule has 1 radical (unpaired) electrons. The van der Waals surface area contributed by atoms with Crippen LogP contribution in [0.4, 0.5) is 0 Å². The molecule has 0 amide bonds. The zero-order valence-electron chi connectivity index (χ0n) is 5.94. The van der Waals surface area contributed by atoms with Gasteiger partial charge in [0, 0.05) is 32.7 Å². The molecule has 0 N–H and O–H groups in total. The molecule has 8 heavy (non-hydrogen) atoms. The number of aliphatic imine (C=N–C) groups is 1. The summed E-state index contributed by atoms with van der Waals surface area (Å²) in [7, 11) is 0. The molecule has 2 heteroatoms. The molecule has 0 aliphatic rings. The van der Waals surface area contributed by atoms with Crippen LogP contribution in [0.25, 0.3) is 0 Å². The summed E-state index contributed by atoms with van der Waals surface area (Å²) in [5.41, 5.74) is 0. The Morgan fingerprint density at radius 3 is 1.88 bits per heavy atom. The molecule has 0 aliphatic carbocycles. The van der Waals surface area contributed by atoms with Gasteiger partial charge in [-0.2, -0.15) is 6.92 Å². The van der Waals surface area contributed by atoms with Crippen molar-refractivity contribution in [3.8, 4) is 0 Å². The topological polar surface area (TPSA) is 12.4 Å². The van der Waals surface area contributed by atoms with Crippen LogP contribution in [0.15, 0.2) is 4.99 Å². The van der Waals surface area contributed by atoms with Crippen LogP contribution in [0, 0.1) is 6.92 Å². The van der Waals surface area contributed by atoms with Crippen LogP contribution in [-0.4, -0.2) is 12.8 Å². The van der Waals surface area contributed by atoms with Crippen molar-refractivity contribution in [3.05, 3.63) is 6.92 Å². The van der Waals surface area contributed by atoms with E-state index in [1.54, 1.807) is 6.92 Å². The van der Waals surface area contributed by atoms with Crippen molar-refractivity contribution >= 4 is 6.21 Å². The fraction of sp³-hybridized carbons (Fsp3) is 0.667.